The Morgan fingerprint density at radius 2 is 1.54 bits per heavy atom. The number of amides is 1. The lowest BCUT2D eigenvalue weighted by molar-refractivity contribution is 0.137. The number of carbonyl (C=O) groups is 1. The minimum atomic E-state index is -0.228. The maximum Gasteiger partial charge on any atom is 0.407 e. The summed E-state index contributed by atoms with van der Waals surface area (Å²) in [7, 11) is 0. The zero-order chi connectivity index (χ0) is 17.0. The highest BCUT2D eigenvalue weighted by Crippen LogP contribution is 2.52. The molecular formula is C21H35NO2. The molecule has 2 aliphatic carbocycles. The van der Waals surface area contributed by atoms with Crippen LogP contribution >= 0.6 is 0 Å². The molecule has 0 aromatic carbocycles. The SMILES string of the molecule is CCCCCCCCCCNC(=O)OC[C@@H]1[C@@H]2CCC#CCC[C@@H]21. The first-order chi connectivity index (χ1) is 11.8. The van der Waals surface area contributed by atoms with Gasteiger partial charge < -0.3 is 10.1 Å². The molecule has 3 nitrogen and oxygen atoms in total. The molecule has 0 unspecified atom stereocenters. The van der Waals surface area contributed by atoms with E-state index in [2.05, 4.69) is 24.1 Å². The van der Waals surface area contributed by atoms with Gasteiger partial charge in [-0.3, -0.25) is 0 Å². The van der Waals surface area contributed by atoms with Gasteiger partial charge in [-0.15, -0.1) is 11.8 Å². The summed E-state index contributed by atoms with van der Waals surface area (Å²) in [6.45, 7) is 3.59. The largest absolute Gasteiger partial charge is 0.449 e. The van der Waals surface area contributed by atoms with Crippen molar-refractivity contribution in [3.63, 3.8) is 0 Å². The summed E-state index contributed by atoms with van der Waals surface area (Å²) in [5, 5.41) is 2.90. The number of ether oxygens (including phenoxy) is 1. The van der Waals surface area contributed by atoms with Crippen molar-refractivity contribution in [3.8, 4) is 11.8 Å². The Labute approximate surface area is 148 Å². The maximum absolute atomic E-state index is 11.8. The summed E-state index contributed by atoms with van der Waals surface area (Å²) in [6, 6.07) is 0. The first kappa shape index (κ1) is 19.2. The van der Waals surface area contributed by atoms with Crippen LogP contribution in [0.3, 0.4) is 0 Å². The molecule has 3 atom stereocenters. The van der Waals surface area contributed by atoms with Crippen molar-refractivity contribution in [1.82, 2.24) is 5.32 Å². The van der Waals surface area contributed by atoms with Crippen molar-refractivity contribution < 1.29 is 9.53 Å². The van der Waals surface area contributed by atoms with Gasteiger partial charge in [-0.1, -0.05) is 51.9 Å². The van der Waals surface area contributed by atoms with E-state index in [1.807, 2.05) is 0 Å². The Morgan fingerprint density at radius 1 is 0.958 bits per heavy atom. The molecular weight excluding hydrogens is 298 g/mol. The van der Waals surface area contributed by atoms with Crippen LogP contribution in [0.4, 0.5) is 4.79 Å². The standard InChI is InChI=1S/C21H35NO2/c1-2-3-4-5-6-7-10-13-16-22-21(23)24-17-20-18-14-11-8-9-12-15-19(18)20/h18-20H,2-7,10-17H2,1H3,(H,22,23)/t18-,19+,20-. The number of nitrogens with one attached hydrogen (secondary N) is 1. The van der Waals surface area contributed by atoms with E-state index >= 15 is 0 Å². The molecule has 1 saturated carbocycles. The summed E-state index contributed by atoms with van der Waals surface area (Å²) in [5.74, 6) is 8.52. The van der Waals surface area contributed by atoms with Gasteiger partial charge in [0.05, 0.1) is 6.61 Å². The zero-order valence-corrected chi connectivity index (χ0v) is 15.4. The third-order valence-electron chi connectivity index (χ3n) is 5.55. The van der Waals surface area contributed by atoms with Gasteiger partial charge >= 0.3 is 6.09 Å². The quantitative estimate of drug-likeness (QED) is 0.412. The Morgan fingerprint density at radius 3 is 2.17 bits per heavy atom. The number of hydrogen-bond acceptors (Lipinski definition) is 2. The first-order valence-electron chi connectivity index (χ1n) is 10.2. The maximum atomic E-state index is 11.8. The highest BCUT2D eigenvalue weighted by Gasteiger charge is 2.49. The van der Waals surface area contributed by atoms with Gasteiger partial charge in [0.25, 0.3) is 0 Å². The molecule has 0 spiro atoms. The van der Waals surface area contributed by atoms with Crippen molar-refractivity contribution >= 4 is 6.09 Å². The van der Waals surface area contributed by atoms with Crippen LogP contribution in [-0.2, 0) is 4.74 Å². The lowest BCUT2D eigenvalue weighted by Gasteiger charge is -2.07. The molecule has 0 radical (unpaired) electrons. The van der Waals surface area contributed by atoms with E-state index in [-0.39, 0.29) is 6.09 Å². The van der Waals surface area contributed by atoms with Crippen LogP contribution in [0.25, 0.3) is 0 Å². The van der Waals surface area contributed by atoms with E-state index in [0.717, 1.165) is 37.6 Å². The second-order valence-corrected chi connectivity index (χ2v) is 7.42. The number of fused-ring (bicyclic) bond motifs is 1. The van der Waals surface area contributed by atoms with Crippen molar-refractivity contribution in [3.05, 3.63) is 0 Å². The molecule has 1 amide bonds. The summed E-state index contributed by atoms with van der Waals surface area (Å²) in [6.07, 6.45) is 14.5. The summed E-state index contributed by atoms with van der Waals surface area (Å²) in [5.41, 5.74) is 0. The van der Waals surface area contributed by atoms with Crippen LogP contribution < -0.4 is 5.32 Å². The Bertz CT molecular complexity index is 405. The molecule has 1 N–H and O–H groups in total. The van der Waals surface area contributed by atoms with Crippen LogP contribution in [0.1, 0.15) is 84.0 Å². The average Bonchev–Trinajstić information content (AvgIpc) is 3.21. The molecule has 0 bridgehead atoms. The van der Waals surface area contributed by atoms with Crippen molar-refractivity contribution in [1.29, 1.82) is 0 Å². The van der Waals surface area contributed by atoms with Crippen LogP contribution in [0.15, 0.2) is 0 Å². The van der Waals surface area contributed by atoms with Gasteiger partial charge in [-0.2, -0.15) is 0 Å². The number of hydrogen-bond donors (Lipinski definition) is 1. The Kier molecular flexibility index (Phi) is 9.10. The molecule has 0 aromatic heterocycles. The van der Waals surface area contributed by atoms with Crippen molar-refractivity contribution in [2.45, 2.75) is 84.0 Å². The fourth-order valence-electron chi connectivity index (χ4n) is 3.95. The smallest absolute Gasteiger partial charge is 0.407 e. The number of unbranched alkanes of at least 4 members (excludes halogenated alkanes) is 7. The molecule has 0 aliphatic heterocycles. The third-order valence-corrected chi connectivity index (χ3v) is 5.55. The number of alkyl carbamates (subject to hydrolysis) is 1. The minimum absolute atomic E-state index is 0.228. The van der Waals surface area contributed by atoms with Crippen LogP contribution in [0.2, 0.25) is 0 Å². The van der Waals surface area contributed by atoms with Gasteiger partial charge in [0.1, 0.15) is 0 Å². The Hall–Kier alpha value is -1.17. The fraction of sp³-hybridized carbons (Fsp3) is 0.857. The molecule has 136 valence electrons. The van der Waals surface area contributed by atoms with Gasteiger partial charge in [-0.05, 0) is 37.0 Å². The molecule has 1 fully saturated rings. The highest BCUT2D eigenvalue weighted by atomic mass is 16.5. The highest BCUT2D eigenvalue weighted by molar-refractivity contribution is 5.67. The predicted molar refractivity (Wildman–Crippen MR) is 98.7 cm³/mol. The van der Waals surface area contributed by atoms with Crippen molar-refractivity contribution in [2.24, 2.45) is 17.8 Å². The van der Waals surface area contributed by atoms with Gasteiger partial charge in [0.2, 0.25) is 0 Å². The van der Waals surface area contributed by atoms with E-state index < -0.39 is 0 Å². The molecule has 0 aromatic rings. The lowest BCUT2D eigenvalue weighted by Crippen LogP contribution is -2.26. The van der Waals surface area contributed by atoms with Gasteiger partial charge in [0, 0.05) is 19.4 Å². The molecule has 2 rings (SSSR count). The topological polar surface area (TPSA) is 38.3 Å². The second kappa shape index (κ2) is 11.4. The molecule has 0 saturated heterocycles. The molecule has 3 heteroatoms. The van der Waals surface area contributed by atoms with E-state index in [1.54, 1.807) is 0 Å². The van der Waals surface area contributed by atoms with Gasteiger partial charge in [-0.25, -0.2) is 4.79 Å². The first-order valence-corrected chi connectivity index (χ1v) is 10.2. The summed E-state index contributed by atoms with van der Waals surface area (Å²) in [4.78, 5) is 11.8. The number of rotatable bonds is 11. The van der Waals surface area contributed by atoms with E-state index in [9.17, 15) is 4.79 Å². The van der Waals surface area contributed by atoms with Crippen LogP contribution in [0, 0.1) is 29.6 Å². The molecule has 24 heavy (non-hydrogen) atoms. The lowest BCUT2D eigenvalue weighted by atomic mass is 10.1. The van der Waals surface area contributed by atoms with E-state index in [4.69, 9.17) is 4.74 Å². The fourth-order valence-corrected chi connectivity index (χ4v) is 3.95. The minimum Gasteiger partial charge on any atom is -0.449 e. The van der Waals surface area contributed by atoms with Gasteiger partial charge in [0.15, 0.2) is 0 Å². The van der Waals surface area contributed by atoms with Crippen molar-refractivity contribution in [2.75, 3.05) is 13.2 Å². The predicted octanol–water partition coefficient (Wildman–Crippen LogP) is 5.29. The molecule has 0 heterocycles. The summed E-state index contributed by atoms with van der Waals surface area (Å²) < 4.78 is 5.42. The summed E-state index contributed by atoms with van der Waals surface area (Å²) >= 11 is 0. The normalized spacial score (nSPS) is 24.8. The monoisotopic (exact) mass is 333 g/mol. The second-order valence-electron chi connectivity index (χ2n) is 7.42. The van der Waals surface area contributed by atoms with Crippen LogP contribution in [-0.4, -0.2) is 19.2 Å². The average molecular weight is 334 g/mol. The van der Waals surface area contributed by atoms with E-state index in [0.29, 0.717) is 12.5 Å². The third kappa shape index (κ3) is 7.16. The van der Waals surface area contributed by atoms with Crippen LogP contribution in [0.5, 0.6) is 0 Å². The molecule has 2 aliphatic rings. The zero-order valence-electron chi connectivity index (χ0n) is 15.4. The number of carbonyl (C=O) groups excluding carboxylic acids is 1. The van der Waals surface area contributed by atoms with E-state index in [1.165, 1.54) is 57.8 Å². The Balaban J connectivity index is 1.41.